The second-order valence-corrected chi connectivity index (χ2v) is 11.4. The van der Waals surface area contributed by atoms with Gasteiger partial charge in [-0.25, -0.2) is 0 Å². The van der Waals surface area contributed by atoms with E-state index < -0.39 is 11.8 Å². The summed E-state index contributed by atoms with van der Waals surface area (Å²) < 4.78 is 2.01. The molecule has 0 radical (unpaired) electrons. The molecule has 5 nitrogen and oxygen atoms in total. The fourth-order valence-electron chi connectivity index (χ4n) is 7.62. The molecule has 4 unspecified atom stereocenters. The second kappa shape index (κ2) is 6.30. The van der Waals surface area contributed by atoms with Gasteiger partial charge >= 0.3 is 0 Å². The van der Waals surface area contributed by atoms with Crippen molar-refractivity contribution in [1.82, 2.24) is 14.7 Å². The minimum absolute atomic E-state index is 0.194. The average Bonchev–Trinajstić information content (AvgIpc) is 3.42. The standard InChI is InChI=1S/C25H35N3O2/c1-15(23-22-19(16-7-8-16)5-4-6-20(22)27(3)26-23)9-21(29)28-17-10-24(2)11-18(28)13-25(30,12-17)14-24/h4-6,15-18,21,29-30H,7-14H2,1-3H3. The number of aryl methyl sites for hydroxylation is 1. The van der Waals surface area contributed by atoms with Crippen LogP contribution in [0.25, 0.3) is 10.9 Å². The van der Waals surface area contributed by atoms with E-state index in [4.69, 9.17) is 5.10 Å². The molecule has 4 bridgehead atoms. The number of aromatic nitrogens is 2. The van der Waals surface area contributed by atoms with Gasteiger partial charge in [0.25, 0.3) is 0 Å². The predicted octanol–water partition coefficient (Wildman–Crippen LogP) is 4.03. The van der Waals surface area contributed by atoms with Crippen LogP contribution in [0.3, 0.4) is 0 Å². The molecule has 2 aromatic rings. The third-order valence-electron chi connectivity index (χ3n) is 8.62. The van der Waals surface area contributed by atoms with Crippen molar-refractivity contribution in [3.05, 3.63) is 29.5 Å². The van der Waals surface area contributed by atoms with Gasteiger partial charge in [0.1, 0.15) is 6.23 Å². The van der Waals surface area contributed by atoms with Crippen LogP contribution in [0.5, 0.6) is 0 Å². The lowest BCUT2D eigenvalue weighted by molar-refractivity contribution is -0.221. The first kappa shape index (κ1) is 19.3. The SMILES string of the molecule is CC(CC(O)N1C2CC3(C)CC1CC(O)(C2)C3)c1nn(C)c2cccc(C3CC3)c12. The van der Waals surface area contributed by atoms with Crippen LogP contribution in [-0.2, 0) is 7.05 Å². The van der Waals surface area contributed by atoms with Crippen LogP contribution in [-0.4, -0.2) is 48.8 Å². The second-order valence-electron chi connectivity index (χ2n) is 11.4. The summed E-state index contributed by atoms with van der Waals surface area (Å²) in [5.74, 6) is 0.878. The zero-order valence-corrected chi connectivity index (χ0v) is 18.5. The van der Waals surface area contributed by atoms with Crippen LogP contribution in [0.2, 0.25) is 0 Å². The van der Waals surface area contributed by atoms with Crippen LogP contribution in [0, 0.1) is 5.41 Å². The normalized spacial score (nSPS) is 37.8. The summed E-state index contributed by atoms with van der Waals surface area (Å²) >= 11 is 0. The molecule has 0 amide bonds. The Morgan fingerprint density at radius 1 is 1.17 bits per heavy atom. The van der Waals surface area contributed by atoms with Crippen molar-refractivity contribution >= 4 is 10.9 Å². The Labute approximate surface area is 179 Å². The maximum Gasteiger partial charge on any atom is 0.108 e. The number of rotatable bonds is 5. The first-order chi connectivity index (χ1) is 14.3. The molecule has 3 aliphatic carbocycles. The molecule has 2 aliphatic heterocycles. The number of nitrogens with zero attached hydrogens (tertiary/aromatic N) is 3. The van der Waals surface area contributed by atoms with Crippen LogP contribution in [0.4, 0.5) is 0 Å². The van der Waals surface area contributed by atoms with Gasteiger partial charge in [-0.1, -0.05) is 26.0 Å². The molecule has 2 saturated heterocycles. The van der Waals surface area contributed by atoms with Gasteiger partial charge in [0.2, 0.25) is 0 Å². The molecule has 3 saturated carbocycles. The molecule has 1 aromatic heterocycles. The zero-order chi connectivity index (χ0) is 20.8. The van der Waals surface area contributed by atoms with Crippen LogP contribution < -0.4 is 0 Å². The Balaban J connectivity index is 1.27. The summed E-state index contributed by atoms with van der Waals surface area (Å²) in [5, 5.41) is 28.6. The summed E-state index contributed by atoms with van der Waals surface area (Å²) in [6, 6.07) is 7.23. The van der Waals surface area contributed by atoms with Gasteiger partial charge in [-0.2, -0.15) is 5.10 Å². The van der Waals surface area contributed by atoms with Crippen molar-refractivity contribution < 1.29 is 10.2 Å². The summed E-state index contributed by atoms with van der Waals surface area (Å²) in [7, 11) is 2.04. The smallest absolute Gasteiger partial charge is 0.108 e. The van der Waals surface area contributed by atoms with E-state index in [2.05, 4.69) is 36.9 Å². The van der Waals surface area contributed by atoms with Gasteiger partial charge in [0, 0.05) is 30.4 Å². The number of hydrogen-bond acceptors (Lipinski definition) is 4. The lowest BCUT2D eigenvalue weighted by Gasteiger charge is -2.64. The van der Waals surface area contributed by atoms with Crippen LogP contribution in [0.1, 0.15) is 88.3 Å². The number of hydrogen-bond donors (Lipinski definition) is 2. The molecule has 5 fully saturated rings. The Bertz CT molecular complexity index is 958. The van der Waals surface area contributed by atoms with Crippen LogP contribution in [0.15, 0.2) is 18.2 Å². The number of piperidine rings is 2. The van der Waals surface area contributed by atoms with E-state index >= 15 is 0 Å². The molecule has 7 rings (SSSR count). The Kier molecular flexibility index (Phi) is 4.05. The monoisotopic (exact) mass is 409 g/mol. The first-order valence-electron chi connectivity index (χ1n) is 11.9. The van der Waals surface area contributed by atoms with Gasteiger partial charge in [-0.05, 0) is 74.3 Å². The maximum atomic E-state index is 11.4. The highest BCUT2D eigenvalue weighted by Gasteiger charge is 2.59. The molecular formula is C25H35N3O2. The van der Waals surface area contributed by atoms with E-state index in [1.165, 1.54) is 29.3 Å². The fraction of sp³-hybridized carbons (Fsp3) is 0.720. The maximum absolute atomic E-state index is 11.4. The third kappa shape index (κ3) is 2.89. The lowest BCUT2D eigenvalue weighted by atomic mass is 9.54. The van der Waals surface area contributed by atoms with Gasteiger partial charge in [-0.3, -0.25) is 9.58 Å². The van der Waals surface area contributed by atoms with E-state index in [-0.39, 0.29) is 11.3 Å². The minimum Gasteiger partial charge on any atom is -0.390 e. The summed E-state index contributed by atoms with van der Waals surface area (Å²) in [4.78, 5) is 2.36. The molecular weight excluding hydrogens is 374 g/mol. The Morgan fingerprint density at radius 2 is 1.87 bits per heavy atom. The quantitative estimate of drug-likeness (QED) is 0.783. The highest BCUT2D eigenvalue weighted by atomic mass is 16.3. The average molecular weight is 410 g/mol. The van der Waals surface area contributed by atoms with Gasteiger partial charge in [0.05, 0.1) is 16.8 Å². The van der Waals surface area contributed by atoms with Crippen molar-refractivity contribution in [2.75, 3.05) is 0 Å². The summed E-state index contributed by atoms with van der Waals surface area (Å²) in [5.41, 5.74) is 3.55. The Hall–Kier alpha value is -1.43. The molecule has 162 valence electrons. The van der Waals surface area contributed by atoms with E-state index in [1.54, 1.807) is 0 Å². The molecule has 0 spiro atoms. The fourth-order valence-corrected chi connectivity index (χ4v) is 7.62. The van der Waals surface area contributed by atoms with Gasteiger partial charge in [0.15, 0.2) is 0 Å². The van der Waals surface area contributed by atoms with E-state index in [0.717, 1.165) is 37.8 Å². The van der Waals surface area contributed by atoms with Crippen molar-refractivity contribution in [3.8, 4) is 0 Å². The highest BCUT2D eigenvalue weighted by molar-refractivity contribution is 5.87. The largest absolute Gasteiger partial charge is 0.390 e. The molecule has 5 aliphatic rings. The van der Waals surface area contributed by atoms with E-state index in [0.29, 0.717) is 24.4 Å². The molecule has 5 heteroatoms. The number of fused-ring (bicyclic) bond motifs is 1. The molecule has 2 N–H and O–H groups in total. The van der Waals surface area contributed by atoms with Crippen molar-refractivity contribution in [1.29, 1.82) is 0 Å². The number of aliphatic hydroxyl groups is 2. The van der Waals surface area contributed by atoms with Crippen molar-refractivity contribution in [2.24, 2.45) is 12.5 Å². The molecule has 1 aromatic carbocycles. The molecule has 4 atom stereocenters. The van der Waals surface area contributed by atoms with Gasteiger partial charge in [-0.15, -0.1) is 0 Å². The summed E-state index contributed by atoms with van der Waals surface area (Å²) in [6.45, 7) is 4.56. The van der Waals surface area contributed by atoms with Crippen molar-refractivity contribution in [2.45, 2.75) is 101 Å². The molecule has 3 heterocycles. The van der Waals surface area contributed by atoms with Gasteiger partial charge < -0.3 is 10.2 Å². The first-order valence-corrected chi connectivity index (χ1v) is 11.9. The lowest BCUT2D eigenvalue weighted by Crippen LogP contribution is -2.69. The van der Waals surface area contributed by atoms with Crippen LogP contribution >= 0.6 is 0 Å². The third-order valence-corrected chi connectivity index (χ3v) is 8.62. The van der Waals surface area contributed by atoms with E-state index in [9.17, 15) is 10.2 Å². The highest BCUT2D eigenvalue weighted by Crippen LogP contribution is 2.58. The van der Waals surface area contributed by atoms with E-state index in [1.807, 2.05) is 11.7 Å². The summed E-state index contributed by atoms with van der Waals surface area (Å²) in [6.07, 6.45) is 7.60. The minimum atomic E-state index is -0.501. The van der Waals surface area contributed by atoms with Crippen molar-refractivity contribution in [3.63, 3.8) is 0 Å². The predicted molar refractivity (Wildman–Crippen MR) is 117 cm³/mol. The topological polar surface area (TPSA) is 61.5 Å². The zero-order valence-electron chi connectivity index (χ0n) is 18.5. The number of benzene rings is 1. The number of aliphatic hydroxyl groups excluding tert-OH is 1. The Morgan fingerprint density at radius 3 is 2.50 bits per heavy atom. The molecule has 30 heavy (non-hydrogen) atoms.